The van der Waals surface area contributed by atoms with E-state index in [-0.39, 0.29) is 0 Å². The zero-order valence-electron chi connectivity index (χ0n) is 21.5. The minimum atomic E-state index is 0.924. The molecule has 1 aliphatic heterocycles. The van der Waals surface area contributed by atoms with Gasteiger partial charge in [-0.1, -0.05) is 115 Å². The van der Waals surface area contributed by atoms with Crippen LogP contribution in [0.4, 0.5) is 0 Å². The largest absolute Gasteiger partial charge is 0.456 e. The third-order valence-electron chi connectivity index (χ3n) is 8.27. The van der Waals surface area contributed by atoms with Crippen LogP contribution < -0.4 is 0 Å². The molecule has 0 N–H and O–H groups in total. The zero-order valence-corrected chi connectivity index (χ0v) is 22.3. The molecule has 0 fully saturated rings. The molecule has 0 unspecified atom stereocenters. The number of rotatable bonds is 2. The Labute approximate surface area is 235 Å². The van der Waals surface area contributed by atoms with Crippen molar-refractivity contribution in [1.82, 2.24) is 0 Å². The highest BCUT2D eigenvalue weighted by Gasteiger charge is 2.20. The second-order valence-electron chi connectivity index (χ2n) is 10.5. The lowest BCUT2D eigenvalue weighted by Gasteiger charge is -2.21. The lowest BCUT2D eigenvalue weighted by Crippen LogP contribution is -1.94. The van der Waals surface area contributed by atoms with Crippen LogP contribution in [0.3, 0.4) is 0 Å². The lowest BCUT2D eigenvalue weighted by molar-refractivity contribution is 0.669. The SMILES string of the molecule is c1ccc2c(c1)Sc1ccc(-c3ccc(-c4cccc5oc6cc7ccccc7cc6c45)cc3)c3cccc-2c13. The molecular formula is C38H22OS. The van der Waals surface area contributed by atoms with Gasteiger partial charge in [0.05, 0.1) is 0 Å². The van der Waals surface area contributed by atoms with Crippen molar-refractivity contribution in [3.8, 4) is 33.4 Å². The first-order valence-corrected chi connectivity index (χ1v) is 14.4. The van der Waals surface area contributed by atoms with Crippen molar-refractivity contribution in [1.29, 1.82) is 0 Å². The minimum absolute atomic E-state index is 0.924. The van der Waals surface area contributed by atoms with Gasteiger partial charge in [-0.05, 0) is 79.9 Å². The van der Waals surface area contributed by atoms with Crippen molar-refractivity contribution in [3.63, 3.8) is 0 Å². The Morgan fingerprint density at radius 2 is 1.10 bits per heavy atom. The van der Waals surface area contributed by atoms with Gasteiger partial charge < -0.3 is 4.42 Å². The maximum atomic E-state index is 6.33. The van der Waals surface area contributed by atoms with Gasteiger partial charge in [0.25, 0.3) is 0 Å². The Balaban J connectivity index is 1.19. The fourth-order valence-electron chi connectivity index (χ4n) is 6.41. The van der Waals surface area contributed by atoms with Crippen LogP contribution in [0.1, 0.15) is 0 Å². The van der Waals surface area contributed by atoms with Gasteiger partial charge in [0.2, 0.25) is 0 Å². The van der Waals surface area contributed by atoms with Crippen molar-refractivity contribution >= 4 is 55.2 Å². The quantitative estimate of drug-likeness (QED) is 0.222. The average molecular weight is 527 g/mol. The van der Waals surface area contributed by atoms with E-state index < -0.39 is 0 Å². The Morgan fingerprint density at radius 1 is 0.400 bits per heavy atom. The van der Waals surface area contributed by atoms with E-state index in [9.17, 15) is 0 Å². The highest BCUT2D eigenvalue weighted by atomic mass is 32.2. The highest BCUT2D eigenvalue weighted by Crippen LogP contribution is 2.49. The van der Waals surface area contributed by atoms with Gasteiger partial charge >= 0.3 is 0 Å². The van der Waals surface area contributed by atoms with Gasteiger partial charge in [0.1, 0.15) is 11.2 Å². The third-order valence-corrected chi connectivity index (χ3v) is 9.41. The monoisotopic (exact) mass is 526 g/mol. The summed E-state index contributed by atoms with van der Waals surface area (Å²) in [7, 11) is 0. The van der Waals surface area contributed by atoms with Crippen LogP contribution >= 0.6 is 11.8 Å². The van der Waals surface area contributed by atoms with Gasteiger partial charge in [-0.25, -0.2) is 0 Å². The van der Waals surface area contributed by atoms with Crippen molar-refractivity contribution in [3.05, 3.63) is 133 Å². The number of fused-ring (bicyclic) bond motifs is 6. The molecular weight excluding hydrogens is 504 g/mol. The summed E-state index contributed by atoms with van der Waals surface area (Å²) in [5.41, 5.74) is 9.39. The molecule has 0 saturated heterocycles. The molecule has 1 nitrogen and oxygen atoms in total. The molecule has 7 aromatic carbocycles. The molecule has 0 atom stereocenters. The Bertz CT molecular complexity index is 2290. The molecule has 1 aromatic heterocycles. The Hall–Kier alpha value is -4.79. The van der Waals surface area contributed by atoms with Crippen molar-refractivity contribution in [2.24, 2.45) is 0 Å². The van der Waals surface area contributed by atoms with Gasteiger partial charge in [-0.2, -0.15) is 0 Å². The Kier molecular flexibility index (Phi) is 4.61. The molecule has 1 aliphatic rings. The van der Waals surface area contributed by atoms with Gasteiger partial charge in [-0.15, -0.1) is 0 Å². The summed E-state index contributed by atoms with van der Waals surface area (Å²) in [6.07, 6.45) is 0. The van der Waals surface area contributed by atoms with Crippen molar-refractivity contribution in [2.75, 3.05) is 0 Å². The summed E-state index contributed by atoms with van der Waals surface area (Å²) in [4.78, 5) is 2.66. The molecule has 0 spiro atoms. The van der Waals surface area contributed by atoms with Crippen molar-refractivity contribution < 1.29 is 4.42 Å². The predicted molar refractivity (Wildman–Crippen MR) is 169 cm³/mol. The van der Waals surface area contributed by atoms with Crippen LogP contribution in [0.5, 0.6) is 0 Å². The van der Waals surface area contributed by atoms with Gasteiger partial charge in [0, 0.05) is 25.9 Å². The molecule has 186 valence electrons. The second-order valence-corrected chi connectivity index (χ2v) is 11.6. The summed E-state index contributed by atoms with van der Waals surface area (Å²) in [6.45, 7) is 0. The predicted octanol–water partition coefficient (Wildman–Crippen LogP) is 11.4. The van der Waals surface area contributed by atoms with E-state index in [2.05, 4.69) is 133 Å². The van der Waals surface area contributed by atoms with E-state index in [0.29, 0.717) is 0 Å². The van der Waals surface area contributed by atoms with Crippen LogP contribution in [0, 0.1) is 0 Å². The molecule has 2 heteroatoms. The first-order valence-electron chi connectivity index (χ1n) is 13.6. The fourth-order valence-corrected chi connectivity index (χ4v) is 7.54. The topological polar surface area (TPSA) is 13.1 Å². The summed E-state index contributed by atoms with van der Waals surface area (Å²) in [5, 5.41) is 7.42. The van der Waals surface area contributed by atoms with Crippen LogP contribution in [0.25, 0.3) is 76.9 Å². The highest BCUT2D eigenvalue weighted by molar-refractivity contribution is 7.99. The number of hydrogen-bond acceptors (Lipinski definition) is 2. The molecule has 0 aliphatic carbocycles. The first kappa shape index (κ1) is 22.1. The first-order chi connectivity index (χ1) is 19.8. The zero-order chi connectivity index (χ0) is 26.2. The fraction of sp³-hybridized carbons (Fsp3) is 0. The molecule has 0 saturated carbocycles. The summed E-state index contributed by atoms with van der Waals surface area (Å²) < 4.78 is 6.33. The van der Waals surface area contributed by atoms with Gasteiger partial charge in [-0.3, -0.25) is 0 Å². The minimum Gasteiger partial charge on any atom is -0.456 e. The summed E-state index contributed by atoms with van der Waals surface area (Å²) in [6, 6.07) is 48.3. The number of benzene rings is 7. The smallest absolute Gasteiger partial charge is 0.136 e. The van der Waals surface area contributed by atoms with E-state index in [1.165, 1.54) is 70.1 Å². The lowest BCUT2D eigenvalue weighted by atomic mass is 9.91. The summed E-state index contributed by atoms with van der Waals surface area (Å²) >= 11 is 1.87. The maximum Gasteiger partial charge on any atom is 0.136 e. The molecule has 0 amide bonds. The van der Waals surface area contributed by atoms with Crippen LogP contribution in [-0.2, 0) is 0 Å². The Morgan fingerprint density at radius 3 is 1.98 bits per heavy atom. The molecule has 0 radical (unpaired) electrons. The third kappa shape index (κ3) is 3.17. The van der Waals surface area contributed by atoms with Crippen LogP contribution in [0.15, 0.2) is 148 Å². The molecule has 2 heterocycles. The number of furan rings is 1. The summed E-state index contributed by atoms with van der Waals surface area (Å²) in [5.74, 6) is 0. The van der Waals surface area contributed by atoms with E-state index >= 15 is 0 Å². The van der Waals surface area contributed by atoms with E-state index in [1.807, 2.05) is 11.8 Å². The van der Waals surface area contributed by atoms with Crippen molar-refractivity contribution in [2.45, 2.75) is 9.79 Å². The molecule has 8 aromatic rings. The molecule has 40 heavy (non-hydrogen) atoms. The number of hydrogen-bond donors (Lipinski definition) is 0. The normalized spacial score (nSPS) is 12.4. The molecule has 0 bridgehead atoms. The average Bonchev–Trinajstić information content (AvgIpc) is 3.38. The van der Waals surface area contributed by atoms with Crippen LogP contribution in [-0.4, -0.2) is 0 Å². The standard InChI is InChI=1S/C38H22OS/c1-2-8-26-22-34-32(21-25(26)7-1)37-28(10-6-13-33(37)39-34)24-17-15-23(16-18-24)27-19-20-36-38-30(27)11-5-12-31(38)29-9-3-4-14-35(29)40-36/h1-22H. The maximum absolute atomic E-state index is 6.33. The van der Waals surface area contributed by atoms with Gasteiger partial charge in [0.15, 0.2) is 0 Å². The second kappa shape index (κ2) is 8.35. The van der Waals surface area contributed by atoms with Crippen LogP contribution in [0.2, 0.25) is 0 Å². The van der Waals surface area contributed by atoms with E-state index in [1.54, 1.807) is 0 Å². The van der Waals surface area contributed by atoms with E-state index in [4.69, 9.17) is 4.42 Å². The van der Waals surface area contributed by atoms with E-state index in [0.717, 1.165) is 16.6 Å². The molecule has 9 rings (SSSR count).